The van der Waals surface area contributed by atoms with Crippen LogP contribution in [-0.4, -0.2) is 60.9 Å². The van der Waals surface area contributed by atoms with Gasteiger partial charge in [-0.2, -0.15) is 0 Å². The Kier molecular flexibility index (Phi) is 6.99. The highest BCUT2D eigenvalue weighted by molar-refractivity contribution is 5.79. The van der Waals surface area contributed by atoms with Crippen LogP contribution in [-0.2, 0) is 22.4 Å². The molecule has 0 spiro atoms. The summed E-state index contributed by atoms with van der Waals surface area (Å²) in [6.07, 6.45) is 0.888. The molecule has 5 nitrogen and oxygen atoms in total. The smallest absolute Gasteiger partial charge is 0.227 e. The minimum Gasteiger partial charge on any atom is -0.355 e. The van der Waals surface area contributed by atoms with Crippen LogP contribution in [0.15, 0.2) is 60.7 Å². The van der Waals surface area contributed by atoms with E-state index >= 15 is 0 Å². The van der Waals surface area contributed by atoms with Crippen LogP contribution in [0.2, 0.25) is 0 Å². The van der Waals surface area contributed by atoms with E-state index in [4.69, 9.17) is 0 Å². The van der Waals surface area contributed by atoms with Gasteiger partial charge in [0.1, 0.15) is 0 Å². The highest BCUT2D eigenvalue weighted by atomic mass is 16.2. The zero-order valence-electron chi connectivity index (χ0n) is 15.6. The molecule has 3 rings (SSSR count). The molecule has 1 saturated heterocycles. The number of piperazine rings is 1. The highest BCUT2D eigenvalue weighted by Crippen LogP contribution is 2.07. The predicted molar refractivity (Wildman–Crippen MR) is 106 cm³/mol. The molecule has 0 saturated carbocycles. The third-order valence-electron chi connectivity index (χ3n) is 4.88. The largest absolute Gasteiger partial charge is 0.355 e. The van der Waals surface area contributed by atoms with Crippen LogP contribution in [0.4, 0.5) is 0 Å². The van der Waals surface area contributed by atoms with E-state index in [2.05, 4.69) is 10.2 Å². The van der Waals surface area contributed by atoms with E-state index in [1.165, 1.54) is 0 Å². The number of carbonyl (C=O) groups excluding carboxylic acids is 2. The lowest BCUT2D eigenvalue weighted by atomic mass is 10.1. The first-order chi connectivity index (χ1) is 13.2. The molecule has 27 heavy (non-hydrogen) atoms. The van der Waals surface area contributed by atoms with E-state index < -0.39 is 0 Å². The molecular weight excluding hydrogens is 338 g/mol. The second-order valence-electron chi connectivity index (χ2n) is 6.90. The molecule has 0 unspecified atom stereocenters. The molecule has 5 heteroatoms. The molecular formula is C22H27N3O2. The lowest BCUT2D eigenvalue weighted by Crippen LogP contribution is -2.50. The third-order valence-corrected chi connectivity index (χ3v) is 4.88. The van der Waals surface area contributed by atoms with E-state index in [-0.39, 0.29) is 11.8 Å². The summed E-state index contributed by atoms with van der Waals surface area (Å²) in [7, 11) is 0. The molecule has 0 radical (unpaired) electrons. The molecule has 2 aromatic carbocycles. The van der Waals surface area contributed by atoms with Gasteiger partial charge < -0.3 is 10.2 Å². The number of carbonyl (C=O) groups is 2. The summed E-state index contributed by atoms with van der Waals surface area (Å²) in [4.78, 5) is 28.6. The quantitative estimate of drug-likeness (QED) is 0.813. The second-order valence-corrected chi connectivity index (χ2v) is 6.90. The van der Waals surface area contributed by atoms with E-state index in [9.17, 15) is 9.59 Å². The van der Waals surface area contributed by atoms with Crippen molar-refractivity contribution in [2.24, 2.45) is 0 Å². The summed E-state index contributed by atoms with van der Waals surface area (Å²) < 4.78 is 0. The Morgan fingerprint density at radius 2 is 1.33 bits per heavy atom. The average molecular weight is 365 g/mol. The Morgan fingerprint density at radius 3 is 1.93 bits per heavy atom. The van der Waals surface area contributed by atoms with Crippen LogP contribution in [0.5, 0.6) is 0 Å². The minimum absolute atomic E-state index is 0.0536. The van der Waals surface area contributed by atoms with E-state index in [0.717, 1.165) is 43.9 Å². The minimum atomic E-state index is 0.0536. The molecule has 1 aliphatic rings. The third kappa shape index (κ3) is 6.22. The molecule has 0 atom stereocenters. The molecule has 142 valence electrons. The van der Waals surface area contributed by atoms with Gasteiger partial charge in [0.2, 0.25) is 11.8 Å². The second kappa shape index (κ2) is 9.88. The van der Waals surface area contributed by atoms with Gasteiger partial charge in [0.15, 0.2) is 0 Å². The van der Waals surface area contributed by atoms with Crippen molar-refractivity contribution >= 4 is 11.8 Å². The van der Waals surface area contributed by atoms with Gasteiger partial charge in [0, 0.05) is 39.3 Å². The summed E-state index contributed by atoms with van der Waals surface area (Å²) in [5.74, 6) is 0.245. The van der Waals surface area contributed by atoms with Crippen molar-refractivity contribution in [3.8, 4) is 0 Å². The molecule has 1 aliphatic heterocycles. The van der Waals surface area contributed by atoms with E-state index in [1.807, 2.05) is 65.6 Å². The van der Waals surface area contributed by atoms with Gasteiger partial charge in [-0.1, -0.05) is 60.7 Å². The van der Waals surface area contributed by atoms with Crippen molar-refractivity contribution in [1.82, 2.24) is 15.1 Å². The van der Waals surface area contributed by atoms with E-state index in [0.29, 0.717) is 19.4 Å². The first-order valence-electron chi connectivity index (χ1n) is 9.55. The maximum atomic E-state index is 12.4. The van der Waals surface area contributed by atoms with Crippen molar-refractivity contribution in [1.29, 1.82) is 0 Å². The lowest BCUT2D eigenvalue weighted by molar-refractivity contribution is -0.132. The van der Waals surface area contributed by atoms with Gasteiger partial charge in [-0.25, -0.2) is 0 Å². The van der Waals surface area contributed by atoms with Crippen LogP contribution in [0.3, 0.4) is 0 Å². The average Bonchev–Trinajstić information content (AvgIpc) is 2.70. The molecule has 1 N–H and O–H groups in total. The number of amides is 2. The number of nitrogens with one attached hydrogen (secondary N) is 1. The number of benzene rings is 2. The summed E-state index contributed by atoms with van der Waals surface area (Å²) in [5.41, 5.74) is 2.09. The Morgan fingerprint density at radius 1 is 0.778 bits per heavy atom. The number of rotatable bonds is 7. The summed E-state index contributed by atoms with van der Waals surface area (Å²) >= 11 is 0. The molecule has 0 aliphatic carbocycles. The molecule has 1 fully saturated rings. The molecule has 0 aromatic heterocycles. The van der Waals surface area contributed by atoms with Crippen LogP contribution < -0.4 is 5.32 Å². The van der Waals surface area contributed by atoms with Gasteiger partial charge in [-0.3, -0.25) is 14.5 Å². The zero-order valence-corrected chi connectivity index (χ0v) is 15.6. The van der Waals surface area contributed by atoms with Gasteiger partial charge in [0.25, 0.3) is 0 Å². The fraction of sp³-hybridized carbons (Fsp3) is 0.364. The normalized spacial score (nSPS) is 14.7. The van der Waals surface area contributed by atoms with Crippen molar-refractivity contribution in [2.45, 2.75) is 12.8 Å². The van der Waals surface area contributed by atoms with Crippen LogP contribution in [0.25, 0.3) is 0 Å². The summed E-state index contributed by atoms with van der Waals surface area (Å²) in [5, 5.41) is 2.98. The Bertz CT molecular complexity index is 723. The first kappa shape index (κ1) is 19.1. The van der Waals surface area contributed by atoms with Gasteiger partial charge in [-0.15, -0.1) is 0 Å². The molecule has 2 amide bonds. The Hall–Kier alpha value is -2.66. The van der Waals surface area contributed by atoms with Crippen molar-refractivity contribution < 1.29 is 9.59 Å². The number of hydrogen-bond donors (Lipinski definition) is 1. The van der Waals surface area contributed by atoms with Crippen molar-refractivity contribution in [3.05, 3.63) is 71.8 Å². The maximum Gasteiger partial charge on any atom is 0.227 e. The fourth-order valence-electron chi connectivity index (χ4n) is 3.30. The number of hydrogen-bond acceptors (Lipinski definition) is 3. The van der Waals surface area contributed by atoms with Crippen LogP contribution in [0.1, 0.15) is 11.1 Å². The predicted octanol–water partition coefficient (Wildman–Crippen LogP) is 1.73. The molecule has 0 bridgehead atoms. The SMILES string of the molecule is O=C(Cc1ccccc1)NCCN1CCN(C(=O)Cc2ccccc2)CC1. The lowest BCUT2D eigenvalue weighted by Gasteiger charge is -2.34. The monoisotopic (exact) mass is 365 g/mol. The fourth-order valence-corrected chi connectivity index (χ4v) is 3.30. The van der Waals surface area contributed by atoms with Gasteiger partial charge in [0.05, 0.1) is 12.8 Å². The van der Waals surface area contributed by atoms with Gasteiger partial charge in [-0.05, 0) is 11.1 Å². The molecule has 2 aromatic rings. The van der Waals surface area contributed by atoms with Crippen LogP contribution in [0, 0.1) is 0 Å². The standard InChI is InChI=1S/C22H27N3O2/c26-21(17-19-7-3-1-4-8-19)23-11-12-24-13-15-25(16-14-24)22(27)18-20-9-5-2-6-10-20/h1-10H,11-18H2,(H,23,26). The Labute approximate surface area is 161 Å². The van der Waals surface area contributed by atoms with Crippen molar-refractivity contribution in [3.63, 3.8) is 0 Å². The topological polar surface area (TPSA) is 52.7 Å². The Balaban J connectivity index is 1.32. The highest BCUT2D eigenvalue weighted by Gasteiger charge is 2.20. The van der Waals surface area contributed by atoms with Crippen molar-refractivity contribution in [2.75, 3.05) is 39.3 Å². The molecule has 1 heterocycles. The van der Waals surface area contributed by atoms with E-state index in [1.54, 1.807) is 0 Å². The first-order valence-corrected chi connectivity index (χ1v) is 9.55. The number of nitrogens with zero attached hydrogens (tertiary/aromatic N) is 2. The summed E-state index contributed by atoms with van der Waals surface area (Å²) in [6.45, 7) is 4.68. The summed E-state index contributed by atoms with van der Waals surface area (Å²) in [6, 6.07) is 19.6. The zero-order chi connectivity index (χ0) is 18.9. The maximum absolute atomic E-state index is 12.4. The van der Waals surface area contributed by atoms with Crippen LogP contribution >= 0.6 is 0 Å². The van der Waals surface area contributed by atoms with Gasteiger partial charge >= 0.3 is 0 Å².